The summed E-state index contributed by atoms with van der Waals surface area (Å²) in [5.41, 5.74) is 0. The lowest BCUT2D eigenvalue weighted by Crippen LogP contribution is -2.28. The van der Waals surface area contributed by atoms with Crippen molar-refractivity contribution in [2.75, 3.05) is 19.6 Å². The van der Waals surface area contributed by atoms with Crippen LogP contribution in [0.4, 0.5) is 0 Å². The maximum atomic E-state index is 4.42. The second-order valence-corrected chi connectivity index (χ2v) is 6.29. The van der Waals surface area contributed by atoms with Crippen LogP contribution in [0.15, 0.2) is 6.20 Å². The molecule has 2 N–H and O–H groups in total. The third-order valence-corrected chi connectivity index (χ3v) is 4.79. The average Bonchev–Trinajstić information content (AvgIpc) is 2.87. The van der Waals surface area contributed by atoms with E-state index in [1.54, 1.807) is 0 Å². The number of thiazole rings is 1. The van der Waals surface area contributed by atoms with Gasteiger partial charge in [-0.25, -0.2) is 4.98 Å². The Morgan fingerprint density at radius 3 is 3.00 bits per heavy atom. The lowest BCUT2D eigenvalue weighted by molar-refractivity contribution is 0.344. The van der Waals surface area contributed by atoms with Crippen LogP contribution >= 0.6 is 11.3 Å². The van der Waals surface area contributed by atoms with E-state index in [1.807, 2.05) is 17.5 Å². The summed E-state index contributed by atoms with van der Waals surface area (Å²) in [6.45, 7) is 6.69. The Bertz CT molecular complexity index is 332. The van der Waals surface area contributed by atoms with Crippen molar-refractivity contribution in [1.82, 2.24) is 15.6 Å². The average molecular weight is 267 g/mol. The van der Waals surface area contributed by atoms with Crippen LogP contribution in [-0.2, 0) is 13.0 Å². The third kappa shape index (κ3) is 4.67. The molecule has 0 radical (unpaired) electrons. The van der Waals surface area contributed by atoms with Gasteiger partial charge in [0, 0.05) is 17.6 Å². The minimum absolute atomic E-state index is 0.941. The fraction of sp³-hybridized carbons (Fsp3) is 0.786. The zero-order valence-electron chi connectivity index (χ0n) is 11.4. The van der Waals surface area contributed by atoms with E-state index in [0.717, 1.165) is 25.4 Å². The molecule has 0 aliphatic carbocycles. The molecule has 1 fully saturated rings. The Kier molecular flexibility index (Phi) is 6.11. The largest absolute Gasteiger partial charge is 0.317 e. The number of aromatic nitrogens is 1. The summed E-state index contributed by atoms with van der Waals surface area (Å²) < 4.78 is 0. The molecule has 0 bridgehead atoms. The third-order valence-electron chi connectivity index (χ3n) is 3.65. The first-order chi connectivity index (χ1) is 8.88. The van der Waals surface area contributed by atoms with Crippen LogP contribution in [-0.4, -0.2) is 24.6 Å². The van der Waals surface area contributed by atoms with Crippen LogP contribution in [0, 0.1) is 5.92 Å². The van der Waals surface area contributed by atoms with Gasteiger partial charge in [-0.05, 0) is 57.7 Å². The molecule has 0 saturated carbocycles. The number of nitrogens with one attached hydrogen (secondary N) is 2. The molecule has 1 saturated heterocycles. The molecule has 2 heterocycles. The van der Waals surface area contributed by atoms with Crippen molar-refractivity contribution in [3.63, 3.8) is 0 Å². The summed E-state index contributed by atoms with van der Waals surface area (Å²) in [5.74, 6) is 0.958. The number of hydrogen-bond acceptors (Lipinski definition) is 4. The summed E-state index contributed by atoms with van der Waals surface area (Å²) in [6, 6.07) is 0. The first-order valence-corrected chi connectivity index (χ1v) is 8.05. The zero-order chi connectivity index (χ0) is 12.6. The van der Waals surface area contributed by atoms with Gasteiger partial charge in [-0.15, -0.1) is 11.3 Å². The van der Waals surface area contributed by atoms with Gasteiger partial charge < -0.3 is 10.6 Å². The standard InChI is InChI=1S/C14H25N3S/c1-2-13-10-17-14(18-13)11-16-7-3-4-12-5-8-15-9-6-12/h10,12,15-16H,2-9,11H2,1H3. The molecular formula is C14H25N3S. The number of rotatable bonds is 7. The predicted molar refractivity (Wildman–Crippen MR) is 78.0 cm³/mol. The summed E-state index contributed by atoms with van der Waals surface area (Å²) in [7, 11) is 0. The van der Waals surface area contributed by atoms with Gasteiger partial charge in [0.15, 0.2) is 0 Å². The first kappa shape index (κ1) is 14.0. The molecule has 0 atom stereocenters. The van der Waals surface area contributed by atoms with Gasteiger partial charge in [-0.2, -0.15) is 0 Å². The van der Waals surface area contributed by atoms with E-state index in [-0.39, 0.29) is 0 Å². The summed E-state index contributed by atoms with van der Waals surface area (Å²) >= 11 is 1.84. The van der Waals surface area contributed by atoms with Gasteiger partial charge in [0.2, 0.25) is 0 Å². The van der Waals surface area contributed by atoms with Crippen LogP contribution in [0.1, 0.15) is 42.5 Å². The maximum absolute atomic E-state index is 4.42. The van der Waals surface area contributed by atoms with Crippen molar-refractivity contribution < 1.29 is 0 Å². The highest BCUT2D eigenvalue weighted by Gasteiger charge is 2.11. The Hall–Kier alpha value is -0.450. The van der Waals surface area contributed by atoms with Gasteiger partial charge >= 0.3 is 0 Å². The topological polar surface area (TPSA) is 37.0 Å². The van der Waals surface area contributed by atoms with E-state index in [4.69, 9.17) is 0 Å². The smallest absolute Gasteiger partial charge is 0.107 e. The fourth-order valence-electron chi connectivity index (χ4n) is 2.47. The Labute approximate surface area is 114 Å². The Morgan fingerprint density at radius 2 is 2.28 bits per heavy atom. The van der Waals surface area contributed by atoms with Crippen molar-refractivity contribution in [3.8, 4) is 0 Å². The molecule has 4 heteroatoms. The number of nitrogens with zero attached hydrogens (tertiary/aromatic N) is 1. The highest BCUT2D eigenvalue weighted by atomic mass is 32.1. The van der Waals surface area contributed by atoms with E-state index in [2.05, 4.69) is 22.5 Å². The van der Waals surface area contributed by atoms with Crippen molar-refractivity contribution in [1.29, 1.82) is 0 Å². The molecule has 102 valence electrons. The first-order valence-electron chi connectivity index (χ1n) is 7.23. The molecular weight excluding hydrogens is 242 g/mol. The summed E-state index contributed by atoms with van der Waals surface area (Å²) in [4.78, 5) is 5.81. The lowest BCUT2D eigenvalue weighted by Gasteiger charge is -2.22. The quantitative estimate of drug-likeness (QED) is 0.746. The number of piperidine rings is 1. The van der Waals surface area contributed by atoms with Crippen molar-refractivity contribution in [2.24, 2.45) is 5.92 Å². The van der Waals surface area contributed by atoms with Crippen LogP contribution in [0.25, 0.3) is 0 Å². The minimum Gasteiger partial charge on any atom is -0.317 e. The second kappa shape index (κ2) is 7.87. The highest BCUT2D eigenvalue weighted by Crippen LogP contribution is 2.17. The number of hydrogen-bond donors (Lipinski definition) is 2. The van der Waals surface area contributed by atoms with Crippen molar-refractivity contribution in [2.45, 2.75) is 45.6 Å². The molecule has 18 heavy (non-hydrogen) atoms. The molecule has 1 aromatic heterocycles. The van der Waals surface area contributed by atoms with Gasteiger partial charge in [-0.3, -0.25) is 0 Å². The fourth-order valence-corrected chi connectivity index (χ4v) is 3.31. The molecule has 0 aromatic carbocycles. The molecule has 2 rings (SSSR count). The van der Waals surface area contributed by atoms with E-state index < -0.39 is 0 Å². The van der Waals surface area contributed by atoms with Crippen molar-refractivity contribution in [3.05, 3.63) is 16.1 Å². The summed E-state index contributed by atoms with van der Waals surface area (Å²) in [6.07, 6.45) is 8.53. The SMILES string of the molecule is CCc1cnc(CNCCCC2CCNCC2)s1. The van der Waals surface area contributed by atoms with Crippen molar-refractivity contribution >= 4 is 11.3 Å². The number of aryl methyl sites for hydroxylation is 1. The van der Waals surface area contributed by atoms with Crippen LogP contribution < -0.4 is 10.6 Å². The molecule has 0 amide bonds. The maximum Gasteiger partial charge on any atom is 0.107 e. The molecule has 0 unspecified atom stereocenters. The van der Waals surface area contributed by atoms with Gasteiger partial charge in [-0.1, -0.05) is 6.92 Å². The second-order valence-electron chi connectivity index (χ2n) is 5.09. The van der Waals surface area contributed by atoms with Gasteiger partial charge in [0.1, 0.15) is 5.01 Å². The van der Waals surface area contributed by atoms with E-state index in [1.165, 1.54) is 48.7 Å². The predicted octanol–water partition coefficient (Wildman–Crippen LogP) is 2.57. The molecule has 1 aromatic rings. The molecule has 1 aliphatic heterocycles. The molecule has 0 spiro atoms. The normalized spacial score (nSPS) is 17.2. The molecule has 1 aliphatic rings. The Balaban J connectivity index is 1.52. The van der Waals surface area contributed by atoms with E-state index in [9.17, 15) is 0 Å². The lowest BCUT2D eigenvalue weighted by atomic mass is 9.93. The van der Waals surface area contributed by atoms with Crippen LogP contribution in [0.2, 0.25) is 0 Å². The van der Waals surface area contributed by atoms with Crippen LogP contribution in [0.5, 0.6) is 0 Å². The van der Waals surface area contributed by atoms with Crippen LogP contribution in [0.3, 0.4) is 0 Å². The Morgan fingerprint density at radius 1 is 1.44 bits per heavy atom. The molecule has 3 nitrogen and oxygen atoms in total. The van der Waals surface area contributed by atoms with E-state index in [0.29, 0.717) is 0 Å². The minimum atomic E-state index is 0.941. The zero-order valence-corrected chi connectivity index (χ0v) is 12.2. The van der Waals surface area contributed by atoms with Gasteiger partial charge in [0.25, 0.3) is 0 Å². The monoisotopic (exact) mass is 267 g/mol. The summed E-state index contributed by atoms with van der Waals surface area (Å²) in [5, 5.41) is 8.16. The highest BCUT2D eigenvalue weighted by molar-refractivity contribution is 7.11. The van der Waals surface area contributed by atoms with Gasteiger partial charge in [0.05, 0.1) is 0 Å². The van der Waals surface area contributed by atoms with E-state index >= 15 is 0 Å².